The van der Waals surface area contributed by atoms with Crippen molar-refractivity contribution in [3.05, 3.63) is 0 Å². The molecule has 0 atom stereocenters. The minimum absolute atomic E-state index is 0.215. The molecule has 0 aliphatic heterocycles. The van der Waals surface area contributed by atoms with Crippen molar-refractivity contribution in [2.75, 3.05) is 0 Å². The van der Waals surface area contributed by atoms with E-state index in [0.29, 0.717) is 0 Å². The summed E-state index contributed by atoms with van der Waals surface area (Å²) in [5, 5.41) is 0. The number of nitrogens with two attached hydrogens (primary N) is 1. The van der Waals surface area contributed by atoms with Gasteiger partial charge in [0, 0.05) is 16.4 Å². The molecule has 0 heterocycles. The summed E-state index contributed by atoms with van der Waals surface area (Å²) in [5.74, 6) is 0.215. The Labute approximate surface area is 81.9 Å². The summed E-state index contributed by atoms with van der Waals surface area (Å²) in [7, 11) is 0. The molecule has 0 unspecified atom stereocenters. The molecule has 0 rings (SSSR count). The standard InChI is InChI=1S/C11H23NO/c1-9(2,3)8(13)10(4,5)11(6,7)12/h12H2,1-7H3. The van der Waals surface area contributed by atoms with E-state index in [1.165, 1.54) is 0 Å². The number of Topliss-reactive ketones (excluding diaryl/α,β-unsaturated/α-hetero) is 1. The molecular weight excluding hydrogens is 162 g/mol. The third kappa shape index (κ3) is 2.53. The Morgan fingerprint density at radius 3 is 1.31 bits per heavy atom. The molecular formula is C11H23NO. The molecule has 0 radical (unpaired) electrons. The zero-order chi connectivity index (χ0) is 11.1. The average molecular weight is 185 g/mol. The highest BCUT2D eigenvalue weighted by Gasteiger charge is 2.44. The van der Waals surface area contributed by atoms with Gasteiger partial charge in [0.1, 0.15) is 5.78 Å². The first-order valence-electron chi connectivity index (χ1n) is 4.74. The topological polar surface area (TPSA) is 43.1 Å². The fourth-order valence-corrected chi connectivity index (χ4v) is 1.23. The molecule has 0 saturated heterocycles. The Morgan fingerprint density at radius 1 is 0.923 bits per heavy atom. The van der Waals surface area contributed by atoms with Gasteiger partial charge in [-0.1, -0.05) is 34.6 Å². The molecule has 0 spiro atoms. The summed E-state index contributed by atoms with van der Waals surface area (Å²) >= 11 is 0. The van der Waals surface area contributed by atoms with Crippen LogP contribution in [0.1, 0.15) is 48.5 Å². The smallest absolute Gasteiger partial charge is 0.145 e. The lowest BCUT2D eigenvalue weighted by molar-refractivity contribution is -0.138. The van der Waals surface area contributed by atoms with Gasteiger partial charge in [-0.15, -0.1) is 0 Å². The van der Waals surface area contributed by atoms with Gasteiger partial charge in [-0.25, -0.2) is 0 Å². The third-order valence-corrected chi connectivity index (χ3v) is 2.86. The van der Waals surface area contributed by atoms with Gasteiger partial charge in [-0.05, 0) is 13.8 Å². The molecule has 0 aliphatic rings. The van der Waals surface area contributed by atoms with Crippen LogP contribution in [0.3, 0.4) is 0 Å². The zero-order valence-electron chi connectivity index (χ0n) is 9.99. The quantitative estimate of drug-likeness (QED) is 0.717. The van der Waals surface area contributed by atoms with E-state index in [0.717, 1.165) is 0 Å². The van der Waals surface area contributed by atoms with Crippen molar-refractivity contribution in [3.8, 4) is 0 Å². The van der Waals surface area contributed by atoms with E-state index in [9.17, 15) is 4.79 Å². The maximum atomic E-state index is 12.1. The second kappa shape index (κ2) is 3.09. The SMILES string of the molecule is CC(C)(C)C(=O)C(C)(C)C(C)(C)N. The van der Waals surface area contributed by atoms with Crippen LogP contribution in [0, 0.1) is 10.8 Å². The molecule has 0 fully saturated rings. The van der Waals surface area contributed by atoms with Crippen LogP contribution in [-0.2, 0) is 4.79 Å². The summed E-state index contributed by atoms with van der Waals surface area (Å²) in [5.41, 5.74) is 4.71. The lowest BCUT2D eigenvalue weighted by atomic mass is 9.65. The minimum Gasteiger partial charge on any atom is -0.325 e. The molecule has 2 heteroatoms. The summed E-state index contributed by atoms with van der Waals surface area (Å²) in [6.45, 7) is 13.4. The maximum Gasteiger partial charge on any atom is 0.145 e. The number of hydrogen-bond donors (Lipinski definition) is 1. The molecule has 2 N–H and O–H groups in total. The van der Waals surface area contributed by atoms with Crippen LogP contribution in [0.4, 0.5) is 0 Å². The van der Waals surface area contributed by atoms with Crippen LogP contribution in [0.5, 0.6) is 0 Å². The van der Waals surface area contributed by atoms with Gasteiger partial charge >= 0.3 is 0 Å². The largest absolute Gasteiger partial charge is 0.325 e. The molecule has 0 aliphatic carbocycles. The fourth-order valence-electron chi connectivity index (χ4n) is 1.23. The number of hydrogen-bond acceptors (Lipinski definition) is 2. The predicted molar refractivity (Wildman–Crippen MR) is 56.5 cm³/mol. The summed E-state index contributed by atoms with van der Waals surface area (Å²) < 4.78 is 0. The molecule has 0 aromatic heterocycles. The molecule has 0 aromatic rings. The van der Waals surface area contributed by atoms with Crippen LogP contribution in [-0.4, -0.2) is 11.3 Å². The summed E-state index contributed by atoms with van der Waals surface area (Å²) in [6, 6.07) is 0. The monoisotopic (exact) mass is 185 g/mol. The van der Waals surface area contributed by atoms with Gasteiger partial charge in [0.2, 0.25) is 0 Å². The highest BCUT2D eigenvalue weighted by Crippen LogP contribution is 2.36. The number of carbonyl (C=O) groups is 1. The Morgan fingerprint density at radius 2 is 1.23 bits per heavy atom. The van der Waals surface area contributed by atoms with E-state index in [4.69, 9.17) is 5.73 Å². The zero-order valence-corrected chi connectivity index (χ0v) is 9.99. The highest BCUT2D eigenvalue weighted by molar-refractivity contribution is 5.89. The van der Waals surface area contributed by atoms with Crippen LogP contribution >= 0.6 is 0 Å². The molecule has 2 nitrogen and oxygen atoms in total. The number of carbonyl (C=O) groups excluding carboxylic acids is 1. The Bertz CT molecular complexity index is 203. The van der Waals surface area contributed by atoms with Crippen LogP contribution < -0.4 is 5.73 Å². The number of rotatable bonds is 2. The summed E-state index contributed by atoms with van der Waals surface area (Å²) in [4.78, 5) is 12.1. The lowest BCUT2D eigenvalue weighted by Gasteiger charge is -2.41. The van der Waals surface area contributed by atoms with E-state index >= 15 is 0 Å². The molecule has 0 aromatic carbocycles. The van der Waals surface area contributed by atoms with E-state index in [-0.39, 0.29) is 11.2 Å². The third-order valence-electron chi connectivity index (χ3n) is 2.86. The number of ketones is 1. The van der Waals surface area contributed by atoms with Crippen LogP contribution in [0.25, 0.3) is 0 Å². The molecule has 0 amide bonds. The van der Waals surface area contributed by atoms with Gasteiger partial charge < -0.3 is 5.73 Å². The van der Waals surface area contributed by atoms with Crippen molar-refractivity contribution in [1.82, 2.24) is 0 Å². The van der Waals surface area contributed by atoms with Crippen molar-refractivity contribution in [1.29, 1.82) is 0 Å². The summed E-state index contributed by atoms with van der Waals surface area (Å²) in [6.07, 6.45) is 0. The van der Waals surface area contributed by atoms with Gasteiger partial charge in [0.15, 0.2) is 0 Å². The average Bonchev–Trinajstić information content (AvgIpc) is 1.81. The van der Waals surface area contributed by atoms with Gasteiger partial charge in [0.05, 0.1) is 0 Å². The molecule has 0 bridgehead atoms. The van der Waals surface area contributed by atoms with E-state index in [1.807, 2.05) is 48.5 Å². The van der Waals surface area contributed by atoms with Crippen molar-refractivity contribution in [3.63, 3.8) is 0 Å². The first kappa shape index (κ1) is 12.6. The van der Waals surface area contributed by atoms with Gasteiger partial charge in [0.25, 0.3) is 0 Å². The molecule has 78 valence electrons. The van der Waals surface area contributed by atoms with Crippen molar-refractivity contribution < 1.29 is 4.79 Å². The lowest BCUT2D eigenvalue weighted by Crippen LogP contribution is -2.54. The first-order valence-corrected chi connectivity index (χ1v) is 4.74. The van der Waals surface area contributed by atoms with Crippen molar-refractivity contribution >= 4 is 5.78 Å². The predicted octanol–water partition coefficient (Wildman–Crippen LogP) is 2.37. The molecule has 13 heavy (non-hydrogen) atoms. The van der Waals surface area contributed by atoms with E-state index in [1.54, 1.807) is 0 Å². The fraction of sp³-hybridized carbons (Fsp3) is 0.909. The second-order valence-corrected chi connectivity index (χ2v) is 5.93. The molecule has 0 saturated carbocycles. The van der Waals surface area contributed by atoms with Crippen LogP contribution in [0.2, 0.25) is 0 Å². The van der Waals surface area contributed by atoms with Crippen molar-refractivity contribution in [2.24, 2.45) is 16.6 Å². The van der Waals surface area contributed by atoms with Crippen molar-refractivity contribution in [2.45, 2.75) is 54.0 Å². The highest BCUT2D eigenvalue weighted by atomic mass is 16.1. The van der Waals surface area contributed by atoms with Crippen LogP contribution in [0.15, 0.2) is 0 Å². The first-order chi connectivity index (χ1) is 5.40. The Balaban J connectivity index is 4.98. The second-order valence-electron chi connectivity index (χ2n) is 5.93. The Hall–Kier alpha value is -0.370. The van der Waals surface area contributed by atoms with E-state index in [2.05, 4.69) is 0 Å². The minimum atomic E-state index is -0.481. The maximum absolute atomic E-state index is 12.1. The van der Waals surface area contributed by atoms with E-state index < -0.39 is 11.0 Å². The van der Waals surface area contributed by atoms with Gasteiger partial charge in [-0.2, -0.15) is 0 Å². The van der Waals surface area contributed by atoms with Gasteiger partial charge in [-0.3, -0.25) is 4.79 Å². The Kier molecular flexibility index (Phi) is 3.00. The normalized spacial score (nSPS) is 14.5.